The maximum absolute atomic E-state index is 12.1. The van der Waals surface area contributed by atoms with Gasteiger partial charge in [-0.3, -0.25) is 4.79 Å². The Morgan fingerprint density at radius 2 is 1.79 bits per heavy atom. The van der Waals surface area contributed by atoms with Gasteiger partial charge in [0.25, 0.3) is 5.91 Å². The molecule has 6 heteroatoms. The number of methoxy groups -OCH3 is 2. The fourth-order valence-corrected chi connectivity index (χ4v) is 2.52. The molecule has 0 atom stereocenters. The zero-order chi connectivity index (χ0) is 20.4. The molecule has 2 rings (SSSR count). The van der Waals surface area contributed by atoms with Gasteiger partial charge in [0, 0.05) is 11.8 Å². The average Bonchev–Trinajstić information content (AvgIpc) is 2.72. The normalized spacial score (nSPS) is 10.5. The van der Waals surface area contributed by atoms with Gasteiger partial charge in [0.15, 0.2) is 18.1 Å². The summed E-state index contributed by atoms with van der Waals surface area (Å²) < 4.78 is 15.4. The molecule has 0 spiro atoms. The molecule has 1 N–H and O–H groups in total. The van der Waals surface area contributed by atoms with E-state index in [-0.39, 0.29) is 12.5 Å². The monoisotopic (exact) mass is 383 g/mol. The summed E-state index contributed by atoms with van der Waals surface area (Å²) in [5.41, 5.74) is 2.71. The molecule has 6 nitrogen and oxygen atoms in total. The van der Waals surface area contributed by atoms with Crippen LogP contribution < -0.4 is 14.8 Å². The molecule has 0 radical (unpaired) electrons. The highest BCUT2D eigenvalue weighted by Gasteiger charge is 2.09. The van der Waals surface area contributed by atoms with Crippen molar-refractivity contribution in [2.75, 3.05) is 26.1 Å². The molecule has 0 unspecified atom stereocenters. The first-order chi connectivity index (χ1) is 13.5. The molecule has 0 aliphatic rings. The van der Waals surface area contributed by atoms with E-state index in [0.29, 0.717) is 11.5 Å². The van der Waals surface area contributed by atoms with Gasteiger partial charge in [-0.1, -0.05) is 31.5 Å². The Hall–Kier alpha value is -3.28. The van der Waals surface area contributed by atoms with Crippen LogP contribution in [0.5, 0.6) is 11.5 Å². The van der Waals surface area contributed by atoms with Crippen LogP contribution in [0.1, 0.15) is 24.5 Å². The minimum atomic E-state index is -0.446. The van der Waals surface area contributed by atoms with Gasteiger partial charge in [0.1, 0.15) is 0 Å². The molecule has 2 aromatic rings. The number of nitrogens with one attached hydrogen (secondary N) is 1. The maximum atomic E-state index is 12.1. The van der Waals surface area contributed by atoms with Crippen LogP contribution in [0.2, 0.25) is 0 Å². The molecule has 1 amide bonds. The number of esters is 1. The Balaban J connectivity index is 1.94. The number of anilines is 1. The lowest BCUT2D eigenvalue weighted by atomic mass is 10.1. The Kier molecular flexibility index (Phi) is 8.09. The second-order valence-corrected chi connectivity index (χ2v) is 6.05. The van der Waals surface area contributed by atoms with E-state index in [1.54, 1.807) is 24.3 Å². The lowest BCUT2D eigenvalue weighted by Gasteiger charge is -2.12. The summed E-state index contributed by atoms with van der Waals surface area (Å²) in [6.07, 6.45) is 5.02. The number of carbonyl (C=O) groups is 2. The second-order valence-electron chi connectivity index (χ2n) is 6.05. The van der Waals surface area contributed by atoms with Crippen molar-refractivity contribution >= 4 is 23.6 Å². The molecule has 0 bridgehead atoms. The van der Waals surface area contributed by atoms with Gasteiger partial charge in [-0.15, -0.1) is 0 Å². The van der Waals surface area contributed by atoms with Gasteiger partial charge < -0.3 is 19.5 Å². The Morgan fingerprint density at radius 3 is 2.43 bits per heavy atom. The summed E-state index contributed by atoms with van der Waals surface area (Å²) in [6, 6.07) is 12.9. The van der Waals surface area contributed by atoms with Crippen molar-refractivity contribution in [2.24, 2.45) is 0 Å². The molecule has 0 heterocycles. The summed E-state index contributed by atoms with van der Waals surface area (Å²) in [7, 11) is 2.82. The number of ether oxygens (including phenoxy) is 3. The van der Waals surface area contributed by atoms with Crippen LogP contribution in [-0.4, -0.2) is 32.7 Å². The van der Waals surface area contributed by atoms with Crippen LogP contribution in [0.25, 0.3) is 6.08 Å². The fraction of sp³-hybridized carbons (Fsp3) is 0.273. The SMILES string of the molecule is CCCc1ccc(NC(=O)COc2ccc(/C=C/C(=O)OC)cc2OC)cc1. The summed E-state index contributed by atoms with van der Waals surface area (Å²) in [5.74, 6) is 0.188. The summed E-state index contributed by atoms with van der Waals surface area (Å²) >= 11 is 0. The standard InChI is InChI=1S/C22H25NO5/c1-4-5-16-6-10-18(11-7-16)23-21(24)15-28-19-12-8-17(14-20(19)26-2)9-13-22(25)27-3/h6-14H,4-5,15H2,1-3H3,(H,23,24)/b13-9+. The van der Waals surface area contributed by atoms with Crippen molar-refractivity contribution in [3.05, 3.63) is 59.7 Å². The molecular formula is C22H25NO5. The van der Waals surface area contributed by atoms with Crippen molar-refractivity contribution in [1.82, 2.24) is 0 Å². The largest absolute Gasteiger partial charge is 0.493 e. The molecule has 0 aliphatic heterocycles. The Morgan fingerprint density at radius 1 is 1.04 bits per heavy atom. The number of benzene rings is 2. The number of hydrogen-bond donors (Lipinski definition) is 1. The van der Waals surface area contributed by atoms with E-state index < -0.39 is 5.97 Å². The predicted octanol–water partition coefficient (Wildman–Crippen LogP) is 3.85. The molecule has 0 saturated heterocycles. The predicted molar refractivity (Wildman–Crippen MR) is 109 cm³/mol. The van der Waals surface area contributed by atoms with Crippen LogP contribution in [0.4, 0.5) is 5.69 Å². The molecule has 0 saturated carbocycles. The first-order valence-corrected chi connectivity index (χ1v) is 9.01. The van der Waals surface area contributed by atoms with Gasteiger partial charge in [-0.2, -0.15) is 0 Å². The first kappa shape index (κ1) is 21.0. The lowest BCUT2D eigenvalue weighted by molar-refractivity contribution is -0.134. The van der Waals surface area contributed by atoms with Crippen molar-refractivity contribution in [2.45, 2.75) is 19.8 Å². The van der Waals surface area contributed by atoms with E-state index in [2.05, 4.69) is 17.0 Å². The van der Waals surface area contributed by atoms with Crippen molar-refractivity contribution in [1.29, 1.82) is 0 Å². The molecule has 0 aromatic heterocycles. The van der Waals surface area contributed by atoms with Crippen LogP contribution >= 0.6 is 0 Å². The first-order valence-electron chi connectivity index (χ1n) is 9.01. The molecule has 148 valence electrons. The third kappa shape index (κ3) is 6.46. The zero-order valence-corrected chi connectivity index (χ0v) is 16.4. The quantitative estimate of drug-likeness (QED) is 0.526. The molecule has 0 aliphatic carbocycles. The molecule has 28 heavy (non-hydrogen) atoms. The van der Waals surface area contributed by atoms with Crippen LogP contribution in [0.3, 0.4) is 0 Å². The number of hydrogen-bond acceptors (Lipinski definition) is 5. The third-order valence-electron chi connectivity index (χ3n) is 3.94. The second kappa shape index (κ2) is 10.8. The van der Waals surface area contributed by atoms with Crippen molar-refractivity contribution < 1.29 is 23.8 Å². The van der Waals surface area contributed by atoms with Crippen LogP contribution in [-0.2, 0) is 20.7 Å². The van der Waals surface area contributed by atoms with Crippen molar-refractivity contribution in [3.8, 4) is 11.5 Å². The smallest absolute Gasteiger partial charge is 0.330 e. The maximum Gasteiger partial charge on any atom is 0.330 e. The average molecular weight is 383 g/mol. The van der Waals surface area contributed by atoms with Crippen LogP contribution in [0.15, 0.2) is 48.5 Å². The minimum Gasteiger partial charge on any atom is -0.493 e. The van der Waals surface area contributed by atoms with Gasteiger partial charge >= 0.3 is 5.97 Å². The van der Waals surface area contributed by atoms with Gasteiger partial charge in [-0.05, 0) is 47.9 Å². The zero-order valence-electron chi connectivity index (χ0n) is 16.4. The van der Waals surface area contributed by atoms with E-state index in [4.69, 9.17) is 9.47 Å². The highest BCUT2D eigenvalue weighted by molar-refractivity contribution is 5.92. The number of carbonyl (C=O) groups excluding carboxylic acids is 2. The molecule has 2 aromatic carbocycles. The third-order valence-corrected chi connectivity index (χ3v) is 3.94. The molecule has 0 fully saturated rings. The minimum absolute atomic E-state index is 0.148. The van der Waals surface area contributed by atoms with E-state index in [1.807, 2.05) is 24.3 Å². The number of aryl methyl sites for hydroxylation is 1. The summed E-state index contributed by atoms with van der Waals surface area (Å²) in [5, 5.41) is 2.80. The lowest BCUT2D eigenvalue weighted by Crippen LogP contribution is -2.20. The van der Waals surface area contributed by atoms with Gasteiger partial charge in [0.2, 0.25) is 0 Å². The highest BCUT2D eigenvalue weighted by Crippen LogP contribution is 2.28. The summed E-state index contributed by atoms with van der Waals surface area (Å²) in [4.78, 5) is 23.3. The van der Waals surface area contributed by atoms with E-state index in [1.165, 1.54) is 25.9 Å². The number of amides is 1. The topological polar surface area (TPSA) is 73.9 Å². The van der Waals surface area contributed by atoms with Gasteiger partial charge in [-0.25, -0.2) is 4.79 Å². The van der Waals surface area contributed by atoms with E-state index >= 15 is 0 Å². The summed E-state index contributed by atoms with van der Waals surface area (Å²) in [6.45, 7) is 1.98. The van der Waals surface area contributed by atoms with E-state index in [9.17, 15) is 9.59 Å². The van der Waals surface area contributed by atoms with Crippen molar-refractivity contribution in [3.63, 3.8) is 0 Å². The number of rotatable bonds is 9. The van der Waals surface area contributed by atoms with Crippen LogP contribution in [0, 0.1) is 0 Å². The molecular weight excluding hydrogens is 358 g/mol. The van der Waals surface area contributed by atoms with Gasteiger partial charge in [0.05, 0.1) is 14.2 Å². The van der Waals surface area contributed by atoms with E-state index in [0.717, 1.165) is 24.1 Å². The Bertz CT molecular complexity index is 827. The fourth-order valence-electron chi connectivity index (χ4n) is 2.52. The highest BCUT2D eigenvalue weighted by atomic mass is 16.5. The Labute approximate surface area is 165 Å².